The molecule has 1 aliphatic rings. The van der Waals surface area contributed by atoms with Crippen LogP contribution in [0.25, 0.3) is 0 Å². The van der Waals surface area contributed by atoms with Crippen molar-refractivity contribution in [2.24, 2.45) is 12.1 Å². The van der Waals surface area contributed by atoms with Gasteiger partial charge in [0.25, 0.3) is 0 Å². The molecule has 0 unspecified atom stereocenters. The number of rotatable bonds is 5. The first kappa shape index (κ1) is 20.3. The summed E-state index contributed by atoms with van der Waals surface area (Å²) in [6.07, 6.45) is 0. The fraction of sp³-hybridized carbons (Fsp3) is 0.160. The summed E-state index contributed by atoms with van der Waals surface area (Å²) < 4.78 is 3.04. The lowest BCUT2D eigenvalue weighted by atomic mass is 9.91. The maximum Gasteiger partial charge on any atom is 0.347 e. The maximum absolute atomic E-state index is 12.9. The molecule has 0 fully saturated rings. The number of aromatic nitrogens is 3. The van der Waals surface area contributed by atoms with Crippen LogP contribution in [0.15, 0.2) is 94.8 Å². The Hall–Kier alpha value is -3.64. The van der Waals surface area contributed by atoms with Gasteiger partial charge in [-0.15, -0.1) is 5.10 Å². The lowest BCUT2D eigenvalue weighted by Crippen LogP contribution is -2.25. The topological polar surface area (TPSA) is 55.4 Å². The number of benzene rings is 3. The van der Waals surface area contributed by atoms with Gasteiger partial charge >= 0.3 is 5.69 Å². The fourth-order valence-electron chi connectivity index (χ4n) is 4.02. The van der Waals surface area contributed by atoms with Crippen molar-refractivity contribution in [3.63, 3.8) is 0 Å². The molecular formula is C25H22ClN5O. The van der Waals surface area contributed by atoms with Crippen molar-refractivity contribution in [2.45, 2.75) is 12.5 Å². The first-order valence-electron chi connectivity index (χ1n) is 10.4. The van der Waals surface area contributed by atoms with Gasteiger partial charge < -0.3 is 0 Å². The average molecular weight is 444 g/mol. The number of hydrogen-bond acceptors (Lipinski definition) is 4. The molecule has 32 heavy (non-hydrogen) atoms. The van der Waals surface area contributed by atoms with Crippen LogP contribution in [-0.4, -0.2) is 26.6 Å². The Kier molecular flexibility index (Phi) is 5.37. The smallest absolute Gasteiger partial charge is 0.263 e. The predicted molar refractivity (Wildman–Crippen MR) is 128 cm³/mol. The van der Waals surface area contributed by atoms with Gasteiger partial charge in [-0.2, -0.15) is 5.10 Å². The van der Waals surface area contributed by atoms with E-state index in [2.05, 4.69) is 17.2 Å². The zero-order valence-corrected chi connectivity index (χ0v) is 18.4. The highest BCUT2D eigenvalue weighted by atomic mass is 35.5. The summed E-state index contributed by atoms with van der Waals surface area (Å²) in [5.41, 5.74) is 3.94. The van der Waals surface area contributed by atoms with Crippen LogP contribution in [0.1, 0.15) is 22.6 Å². The van der Waals surface area contributed by atoms with Gasteiger partial charge in [0.15, 0.2) is 0 Å². The molecule has 2 heterocycles. The highest BCUT2D eigenvalue weighted by molar-refractivity contribution is 6.30. The molecule has 0 bridgehead atoms. The van der Waals surface area contributed by atoms with Crippen molar-refractivity contribution in [1.29, 1.82) is 0 Å². The van der Waals surface area contributed by atoms with Gasteiger partial charge in [-0.3, -0.25) is 4.57 Å². The standard InChI is InChI=1S/C25H22ClN5O/c1-29-24(28-31(25(29)32)16-18-8-4-2-5-9-18)30-17-22(19-10-6-3-7-11-19)23(27-30)20-12-14-21(26)15-13-20/h2-15,22H,16-17H2,1H3/t22-/m0/s1. The minimum absolute atomic E-state index is 0.0479. The van der Waals surface area contributed by atoms with E-state index < -0.39 is 0 Å². The second-order valence-corrected chi connectivity index (χ2v) is 8.26. The third-order valence-electron chi connectivity index (χ3n) is 5.68. The number of hydrazone groups is 1. The summed E-state index contributed by atoms with van der Waals surface area (Å²) in [6, 6.07) is 27.8. The molecule has 0 saturated heterocycles. The van der Waals surface area contributed by atoms with Crippen molar-refractivity contribution in [1.82, 2.24) is 14.3 Å². The van der Waals surface area contributed by atoms with Gasteiger partial charge in [-0.1, -0.05) is 84.4 Å². The maximum atomic E-state index is 12.9. The zero-order valence-electron chi connectivity index (χ0n) is 17.6. The van der Waals surface area contributed by atoms with Gasteiger partial charge in [0.2, 0.25) is 5.95 Å². The quantitative estimate of drug-likeness (QED) is 0.462. The SMILES string of the molecule is Cn1c(N2C[C@@H](c3ccccc3)C(c3ccc(Cl)cc3)=N2)nn(Cc2ccccc2)c1=O. The molecule has 3 aromatic carbocycles. The summed E-state index contributed by atoms with van der Waals surface area (Å²) in [7, 11) is 1.74. The van der Waals surface area contributed by atoms with Crippen molar-refractivity contribution in [3.8, 4) is 0 Å². The van der Waals surface area contributed by atoms with E-state index in [-0.39, 0.29) is 11.6 Å². The lowest BCUT2D eigenvalue weighted by Gasteiger charge is -2.15. The molecule has 0 aliphatic carbocycles. The van der Waals surface area contributed by atoms with Crippen molar-refractivity contribution in [3.05, 3.63) is 117 Å². The molecule has 0 radical (unpaired) electrons. The van der Waals surface area contributed by atoms with Crippen LogP contribution in [0.4, 0.5) is 5.95 Å². The average Bonchev–Trinajstić information content (AvgIpc) is 3.38. The van der Waals surface area contributed by atoms with Gasteiger partial charge in [-0.25, -0.2) is 14.5 Å². The fourth-order valence-corrected chi connectivity index (χ4v) is 4.14. The van der Waals surface area contributed by atoms with E-state index >= 15 is 0 Å². The van der Waals surface area contributed by atoms with E-state index in [1.54, 1.807) is 11.6 Å². The van der Waals surface area contributed by atoms with E-state index in [0.29, 0.717) is 24.1 Å². The zero-order chi connectivity index (χ0) is 22.1. The van der Waals surface area contributed by atoms with E-state index in [4.69, 9.17) is 16.7 Å². The Morgan fingerprint density at radius 3 is 2.28 bits per heavy atom. The summed E-state index contributed by atoms with van der Waals surface area (Å²) >= 11 is 6.10. The van der Waals surface area contributed by atoms with Crippen LogP contribution in [0.3, 0.4) is 0 Å². The van der Waals surface area contributed by atoms with Crippen molar-refractivity contribution < 1.29 is 0 Å². The van der Waals surface area contributed by atoms with E-state index in [1.807, 2.05) is 77.8 Å². The number of halogens is 1. The minimum atomic E-state index is -0.171. The number of hydrogen-bond donors (Lipinski definition) is 0. The third-order valence-corrected chi connectivity index (χ3v) is 5.93. The van der Waals surface area contributed by atoms with Crippen LogP contribution < -0.4 is 10.7 Å². The molecule has 5 rings (SSSR count). The van der Waals surface area contributed by atoms with E-state index in [0.717, 1.165) is 22.4 Å². The third kappa shape index (κ3) is 3.85. The minimum Gasteiger partial charge on any atom is -0.263 e. The van der Waals surface area contributed by atoms with E-state index in [1.165, 1.54) is 4.68 Å². The summed E-state index contributed by atoms with van der Waals surface area (Å²) in [6.45, 7) is 1.01. The molecule has 0 amide bonds. The Bertz CT molecular complexity index is 1310. The largest absolute Gasteiger partial charge is 0.347 e. The van der Waals surface area contributed by atoms with Gasteiger partial charge in [-0.05, 0) is 28.8 Å². The summed E-state index contributed by atoms with van der Waals surface area (Å²) in [5, 5.41) is 12.0. The second kappa shape index (κ2) is 8.48. The lowest BCUT2D eigenvalue weighted by molar-refractivity contribution is 0.646. The second-order valence-electron chi connectivity index (χ2n) is 7.82. The monoisotopic (exact) mass is 443 g/mol. The number of anilines is 1. The van der Waals surface area contributed by atoms with Crippen molar-refractivity contribution >= 4 is 23.3 Å². The molecule has 0 N–H and O–H groups in total. The summed E-state index contributed by atoms with van der Waals surface area (Å²) in [5.74, 6) is 0.572. The Morgan fingerprint density at radius 1 is 0.938 bits per heavy atom. The molecule has 0 spiro atoms. The van der Waals surface area contributed by atoms with E-state index in [9.17, 15) is 4.79 Å². The van der Waals surface area contributed by atoms with Crippen LogP contribution in [0, 0.1) is 0 Å². The Morgan fingerprint density at radius 2 is 1.59 bits per heavy atom. The molecule has 6 nitrogen and oxygen atoms in total. The first-order valence-corrected chi connectivity index (χ1v) is 10.8. The molecule has 0 saturated carbocycles. The van der Waals surface area contributed by atoms with Gasteiger partial charge in [0.05, 0.1) is 18.8 Å². The predicted octanol–water partition coefficient (Wildman–Crippen LogP) is 4.29. The Labute approximate surface area is 191 Å². The van der Waals surface area contributed by atoms with Crippen LogP contribution in [-0.2, 0) is 13.6 Å². The molecule has 1 aliphatic heterocycles. The highest BCUT2D eigenvalue weighted by Gasteiger charge is 2.32. The first-order chi connectivity index (χ1) is 15.6. The molecule has 1 aromatic heterocycles. The van der Waals surface area contributed by atoms with Crippen molar-refractivity contribution in [2.75, 3.05) is 11.6 Å². The molecular weight excluding hydrogens is 422 g/mol. The highest BCUT2D eigenvalue weighted by Crippen LogP contribution is 2.31. The van der Waals surface area contributed by atoms with Crippen LogP contribution >= 0.6 is 11.6 Å². The molecule has 7 heteroatoms. The molecule has 160 valence electrons. The molecule has 1 atom stereocenters. The Balaban J connectivity index is 1.53. The van der Waals surface area contributed by atoms with Gasteiger partial charge in [0, 0.05) is 18.0 Å². The van der Waals surface area contributed by atoms with Gasteiger partial charge in [0.1, 0.15) is 0 Å². The van der Waals surface area contributed by atoms with Crippen LogP contribution in [0.5, 0.6) is 0 Å². The summed E-state index contributed by atoms with van der Waals surface area (Å²) in [4.78, 5) is 12.9. The molecule has 4 aromatic rings. The number of nitrogens with zero attached hydrogens (tertiary/aromatic N) is 5. The van der Waals surface area contributed by atoms with Crippen LogP contribution in [0.2, 0.25) is 5.02 Å². The normalized spacial score (nSPS) is 15.8.